The number of para-hydroxylation sites is 1. The van der Waals surface area contributed by atoms with Crippen molar-refractivity contribution < 1.29 is 19.1 Å². The second kappa shape index (κ2) is 15.0. The molecule has 0 saturated carbocycles. The Hall–Kier alpha value is -5.41. The van der Waals surface area contributed by atoms with E-state index in [0.29, 0.717) is 18.7 Å². The van der Waals surface area contributed by atoms with E-state index in [4.69, 9.17) is 16.2 Å². The highest BCUT2D eigenvalue weighted by atomic mass is 16.5. The van der Waals surface area contributed by atoms with E-state index in [0.717, 1.165) is 38.9 Å². The van der Waals surface area contributed by atoms with Crippen LogP contribution in [0.25, 0.3) is 10.9 Å². The zero-order valence-corrected chi connectivity index (χ0v) is 25.8. The summed E-state index contributed by atoms with van der Waals surface area (Å²) >= 11 is 0. The molecule has 3 amide bonds. The molecule has 0 bridgehead atoms. The van der Waals surface area contributed by atoms with E-state index in [1.54, 1.807) is 24.3 Å². The van der Waals surface area contributed by atoms with Gasteiger partial charge >= 0.3 is 0 Å². The molecule has 46 heavy (non-hydrogen) atoms. The Morgan fingerprint density at radius 2 is 1.48 bits per heavy atom. The molecule has 0 unspecified atom stereocenters. The number of hydrogen-bond donors (Lipinski definition) is 5. The van der Waals surface area contributed by atoms with Crippen LogP contribution < -0.4 is 26.8 Å². The van der Waals surface area contributed by atoms with Crippen LogP contribution in [0, 0.1) is 0 Å². The molecule has 0 aliphatic heterocycles. The number of carbonyl (C=O) groups excluding carboxylic acids is 3. The van der Waals surface area contributed by atoms with Crippen LogP contribution in [0.1, 0.15) is 51.0 Å². The highest BCUT2D eigenvalue weighted by Crippen LogP contribution is 2.27. The average Bonchev–Trinajstić information content (AvgIpc) is 3.49. The molecular weight excluding hydrogens is 578 g/mol. The van der Waals surface area contributed by atoms with Gasteiger partial charge in [0, 0.05) is 42.2 Å². The molecular formula is C37H39N5O4. The molecule has 0 aliphatic carbocycles. The molecule has 236 valence electrons. The first-order valence-electron chi connectivity index (χ1n) is 15.4. The van der Waals surface area contributed by atoms with Gasteiger partial charge in [-0.25, -0.2) is 0 Å². The number of nitrogens with two attached hydrogens (primary N) is 2. The third-order valence-corrected chi connectivity index (χ3v) is 8.05. The van der Waals surface area contributed by atoms with Gasteiger partial charge in [-0.15, -0.1) is 0 Å². The number of benzene rings is 4. The largest absolute Gasteiger partial charge is 0.494 e. The summed E-state index contributed by atoms with van der Waals surface area (Å²) in [5, 5.41) is 7.00. The minimum absolute atomic E-state index is 0.251. The molecule has 9 nitrogen and oxygen atoms in total. The Labute approximate surface area is 268 Å². The van der Waals surface area contributed by atoms with Crippen molar-refractivity contribution in [3.8, 4) is 5.75 Å². The number of amides is 3. The number of ether oxygens (including phenoxy) is 1. The number of nitrogens with one attached hydrogen (secondary N) is 3. The van der Waals surface area contributed by atoms with Gasteiger partial charge < -0.3 is 31.8 Å². The Morgan fingerprint density at radius 1 is 0.804 bits per heavy atom. The zero-order valence-electron chi connectivity index (χ0n) is 25.8. The van der Waals surface area contributed by atoms with Gasteiger partial charge in [0.15, 0.2) is 0 Å². The van der Waals surface area contributed by atoms with Crippen molar-refractivity contribution >= 4 is 28.6 Å². The quantitative estimate of drug-likeness (QED) is 0.124. The fourth-order valence-electron chi connectivity index (χ4n) is 5.60. The predicted molar refractivity (Wildman–Crippen MR) is 179 cm³/mol. The van der Waals surface area contributed by atoms with Crippen LogP contribution in [0.3, 0.4) is 0 Å². The Bertz CT molecular complexity index is 1800. The summed E-state index contributed by atoms with van der Waals surface area (Å²) in [7, 11) is 0. The van der Waals surface area contributed by atoms with E-state index in [2.05, 4.69) is 15.6 Å². The Balaban J connectivity index is 1.44. The molecule has 0 saturated heterocycles. The van der Waals surface area contributed by atoms with Crippen LogP contribution in [-0.4, -0.2) is 35.4 Å². The fraction of sp³-hybridized carbons (Fsp3) is 0.216. The molecule has 0 radical (unpaired) electrons. The number of rotatable bonds is 14. The number of aromatic amines is 1. The van der Waals surface area contributed by atoms with E-state index in [1.807, 2.05) is 85.9 Å². The van der Waals surface area contributed by atoms with Crippen molar-refractivity contribution in [1.82, 2.24) is 15.6 Å². The molecule has 4 aromatic carbocycles. The first-order valence-corrected chi connectivity index (χ1v) is 15.4. The minimum atomic E-state index is -0.904. The fourth-order valence-corrected chi connectivity index (χ4v) is 5.60. The molecule has 0 spiro atoms. The maximum absolute atomic E-state index is 14.3. The van der Waals surface area contributed by atoms with Crippen LogP contribution in [0.15, 0.2) is 103 Å². The summed E-state index contributed by atoms with van der Waals surface area (Å²) in [4.78, 5) is 43.7. The summed E-state index contributed by atoms with van der Waals surface area (Å²) in [5.41, 5.74) is 16.8. The highest BCUT2D eigenvalue weighted by Gasteiger charge is 2.30. The van der Waals surface area contributed by atoms with Gasteiger partial charge in [0.2, 0.25) is 17.7 Å². The van der Waals surface area contributed by atoms with Crippen molar-refractivity contribution in [3.63, 3.8) is 0 Å². The maximum Gasteiger partial charge on any atom is 0.249 e. The smallest absolute Gasteiger partial charge is 0.249 e. The lowest BCUT2D eigenvalue weighted by atomic mass is 9.87. The third kappa shape index (κ3) is 7.80. The summed E-state index contributed by atoms with van der Waals surface area (Å²) in [5.74, 6) is -1.44. The zero-order chi connectivity index (χ0) is 32.5. The van der Waals surface area contributed by atoms with Crippen LogP contribution in [0.4, 0.5) is 0 Å². The lowest BCUT2D eigenvalue weighted by molar-refractivity contribution is -0.129. The van der Waals surface area contributed by atoms with Gasteiger partial charge in [0.1, 0.15) is 11.8 Å². The normalized spacial score (nSPS) is 12.3. The lowest BCUT2D eigenvalue weighted by Gasteiger charge is -2.24. The van der Waals surface area contributed by atoms with Crippen molar-refractivity contribution in [3.05, 3.63) is 137 Å². The van der Waals surface area contributed by atoms with Crippen LogP contribution in [0.5, 0.6) is 5.75 Å². The third-order valence-electron chi connectivity index (χ3n) is 8.05. The number of H-pyrrole nitrogens is 1. The van der Waals surface area contributed by atoms with Crippen LogP contribution >= 0.6 is 0 Å². The van der Waals surface area contributed by atoms with Crippen LogP contribution in [0.2, 0.25) is 0 Å². The standard InChI is InChI=1S/C37H39N5O4/c1-2-46-28-17-15-24(16-18-28)19-32(30-8-3-4-9-31(30)35(39)43)36(44)42-34(20-27-23-40-33-10-6-5-7-29(27)33)37(45)41-22-26-13-11-25(21-38)12-14-26/h3-18,23,32,34,40H,2,19-22,38H2,1H3,(H2,39,43)(H,41,45)(H,42,44)/t32-,34+/m1/s1. The van der Waals surface area contributed by atoms with E-state index >= 15 is 0 Å². The number of carbonyl (C=O) groups is 3. The average molecular weight is 618 g/mol. The van der Waals surface area contributed by atoms with Gasteiger partial charge in [0.05, 0.1) is 12.5 Å². The number of aromatic nitrogens is 1. The monoisotopic (exact) mass is 617 g/mol. The Kier molecular flexibility index (Phi) is 10.5. The number of primary amides is 1. The highest BCUT2D eigenvalue weighted by molar-refractivity contribution is 5.98. The van der Waals surface area contributed by atoms with Gasteiger partial charge in [0.25, 0.3) is 0 Å². The van der Waals surface area contributed by atoms with Gasteiger partial charge in [-0.3, -0.25) is 14.4 Å². The molecule has 5 rings (SSSR count). The maximum atomic E-state index is 14.3. The second-order valence-corrected chi connectivity index (χ2v) is 11.1. The summed E-state index contributed by atoms with van der Waals surface area (Å²) in [6, 6.07) is 28.9. The summed E-state index contributed by atoms with van der Waals surface area (Å²) < 4.78 is 5.58. The van der Waals surface area contributed by atoms with Crippen LogP contribution in [-0.2, 0) is 35.5 Å². The van der Waals surface area contributed by atoms with E-state index in [9.17, 15) is 14.4 Å². The predicted octanol–water partition coefficient (Wildman–Crippen LogP) is 4.49. The van der Waals surface area contributed by atoms with Gasteiger partial charge in [-0.05, 0) is 65.4 Å². The summed E-state index contributed by atoms with van der Waals surface area (Å²) in [6.45, 7) is 3.16. The molecule has 9 heteroatoms. The molecule has 2 atom stereocenters. The molecule has 1 heterocycles. The van der Waals surface area contributed by atoms with E-state index in [-0.39, 0.29) is 30.9 Å². The number of hydrogen-bond acceptors (Lipinski definition) is 5. The van der Waals surface area contributed by atoms with Crippen molar-refractivity contribution in [2.24, 2.45) is 11.5 Å². The molecule has 0 fully saturated rings. The van der Waals surface area contributed by atoms with Gasteiger partial charge in [-0.2, -0.15) is 0 Å². The first kappa shape index (κ1) is 32.0. The van der Waals surface area contributed by atoms with Crippen molar-refractivity contribution in [2.45, 2.75) is 44.8 Å². The lowest BCUT2D eigenvalue weighted by Crippen LogP contribution is -2.49. The SMILES string of the molecule is CCOc1ccc(C[C@@H](C(=O)N[C@@H](Cc2c[nH]c3ccccc23)C(=O)NCc2ccc(CN)cc2)c2ccccc2C(N)=O)cc1. The summed E-state index contributed by atoms with van der Waals surface area (Å²) in [6.07, 6.45) is 2.39. The minimum Gasteiger partial charge on any atom is -0.494 e. The molecule has 7 N–H and O–H groups in total. The van der Waals surface area contributed by atoms with Crippen molar-refractivity contribution in [1.29, 1.82) is 0 Å². The topological polar surface area (TPSA) is 152 Å². The molecule has 1 aromatic heterocycles. The van der Waals surface area contributed by atoms with E-state index in [1.165, 1.54) is 0 Å². The Morgan fingerprint density at radius 3 is 2.20 bits per heavy atom. The van der Waals surface area contributed by atoms with E-state index < -0.39 is 23.8 Å². The first-order chi connectivity index (χ1) is 22.4. The molecule has 5 aromatic rings. The van der Waals surface area contributed by atoms with Gasteiger partial charge in [-0.1, -0.05) is 72.8 Å². The number of fused-ring (bicyclic) bond motifs is 1. The molecule has 0 aliphatic rings. The van der Waals surface area contributed by atoms with Crippen molar-refractivity contribution in [2.75, 3.05) is 6.61 Å². The second-order valence-electron chi connectivity index (χ2n) is 11.1.